The summed E-state index contributed by atoms with van der Waals surface area (Å²) in [5, 5.41) is 2.32. The number of morpholine rings is 1. The highest BCUT2D eigenvalue weighted by atomic mass is 35.5. The summed E-state index contributed by atoms with van der Waals surface area (Å²) in [7, 11) is 0. The Labute approximate surface area is 109 Å². The van der Waals surface area contributed by atoms with E-state index in [2.05, 4.69) is 15.2 Å². The number of pyridine rings is 1. The number of rotatable bonds is 3. The molecule has 1 fully saturated rings. The zero-order valence-corrected chi connectivity index (χ0v) is 10.4. The maximum absolute atomic E-state index is 12.5. The van der Waals surface area contributed by atoms with E-state index in [0.717, 1.165) is 18.9 Å². The van der Waals surface area contributed by atoms with Crippen molar-refractivity contribution in [3.05, 3.63) is 18.3 Å². The number of hydrogen-bond acceptors (Lipinski definition) is 4. The molecular weight excluding hydrogens is 261 g/mol. The van der Waals surface area contributed by atoms with Crippen molar-refractivity contribution in [3.8, 4) is 0 Å². The van der Waals surface area contributed by atoms with Crippen LogP contribution in [0.5, 0.6) is 0 Å². The third-order valence-corrected chi connectivity index (χ3v) is 2.75. The average Bonchev–Trinajstić information content (AvgIpc) is 2.40. The smallest absolute Gasteiger partial charge is 0.274 e. The minimum absolute atomic E-state index is 0.417. The Kier molecular flexibility index (Phi) is 4.33. The maximum atomic E-state index is 12.5. The molecule has 2 rings (SSSR count). The first-order chi connectivity index (χ1) is 8.66. The molecule has 7 heteroatoms. The van der Waals surface area contributed by atoms with Gasteiger partial charge in [-0.05, 0) is 12.1 Å². The molecule has 1 atom stereocenters. The topological polar surface area (TPSA) is 54.5 Å². The summed E-state index contributed by atoms with van der Waals surface area (Å²) in [6.07, 6.45) is 1.47. The van der Waals surface area contributed by atoms with Crippen LogP contribution in [0.1, 0.15) is 0 Å². The number of ether oxygens (including phenoxy) is 1. The molecule has 1 aromatic rings. The molecule has 1 N–H and O–H groups in total. The molecule has 0 radical (unpaired) electrons. The molecule has 1 aliphatic heterocycles. The van der Waals surface area contributed by atoms with Crippen LogP contribution in [-0.2, 0) is 9.53 Å². The summed E-state index contributed by atoms with van der Waals surface area (Å²) < 4.78 is 17.7. The van der Waals surface area contributed by atoms with Gasteiger partial charge in [-0.15, -0.1) is 0 Å². The van der Waals surface area contributed by atoms with Gasteiger partial charge in [-0.1, -0.05) is 11.6 Å². The van der Waals surface area contributed by atoms with Crippen molar-refractivity contribution in [1.82, 2.24) is 4.98 Å². The van der Waals surface area contributed by atoms with Gasteiger partial charge in [-0.3, -0.25) is 4.79 Å². The van der Waals surface area contributed by atoms with Gasteiger partial charge < -0.3 is 15.0 Å². The van der Waals surface area contributed by atoms with Crippen molar-refractivity contribution in [3.63, 3.8) is 0 Å². The molecule has 1 aliphatic rings. The molecule has 0 bridgehead atoms. The molecule has 1 amide bonds. The van der Waals surface area contributed by atoms with E-state index in [9.17, 15) is 9.18 Å². The second-order valence-corrected chi connectivity index (χ2v) is 4.18. The summed E-state index contributed by atoms with van der Waals surface area (Å²) in [5.41, 5.74) is -1.63. The SMILES string of the molecule is O=C(Nc1ccc(N2CCOCC2)nc1)C(F)Cl. The van der Waals surface area contributed by atoms with Gasteiger partial charge in [0, 0.05) is 13.1 Å². The van der Waals surface area contributed by atoms with Crippen molar-refractivity contribution in [2.24, 2.45) is 0 Å². The lowest BCUT2D eigenvalue weighted by molar-refractivity contribution is -0.118. The summed E-state index contributed by atoms with van der Waals surface area (Å²) in [6.45, 7) is 2.92. The van der Waals surface area contributed by atoms with Crippen LogP contribution in [-0.4, -0.2) is 42.8 Å². The van der Waals surface area contributed by atoms with Crippen LogP contribution in [0.4, 0.5) is 15.9 Å². The van der Waals surface area contributed by atoms with E-state index in [0.29, 0.717) is 18.9 Å². The fourth-order valence-corrected chi connectivity index (χ4v) is 1.69. The molecular formula is C11H13ClFN3O2. The molecule has 0 aromatic carbocycles. The fraction of sp³-hybridized carbons (Fsp3) is 0.455. The number of anilines is 2. The van der Waals surface area contributed by atoms with E-state index >= 15 is 0 Å². The van der Waals surface area contributed by atoms with E-state index < -0.39 is 11.5 Å². The lowest BCUT2D eigenvalue weighted by Gasteiger charge is -2.27. The first kappa shape index (κ1) is 13.0. The molecule has 0 saturated carbocycles. The van der Waals surface area contributed by atoms with Gasteiger partial charge in [0.15, 0.2) is 0 Å². The largest absolute Gasteiger partial charge is 0.378 e. The van der Waals surface area contributed by atoms with Gasteiger partial charge in [-0.25, -0.2) is 9.37 Å². The van der Waals surface area contributed by atoms with Crippen molar-refractivity contribution < 1.29 is 13.9 Å². The quantitative estimate of drug-likeness (QED) is 0.846. The molecule has 1 saturated heterocycles. The van der Waals surface area contributed by atoms with E-state index in [1.54, 1.807) is 12.1 Å². The van der Waals surface area contributed by atoms with Gasteiger partial charge >= 0.3 is 0 Å². The number of amides is 1. The maximum Gasteiger partial charge on any atom is 0.274 e. The first-order valence-corrected chi connectivity index (χ1v) is 5.98. The Bertz CT molecular complexity index is 407. The van der Waals surface area contributed by atoms with Crippen LogP contribution in [0, 0.1) is 0 Å². The van der Waals surface area contributed by atoms with Crippen molar-refractivity contribution in [2.45, 2.75) is 5.63 Å². The molecule has 1 aromatic heterocycles. The van der Waals surface area contributed by atoms with E-state index in [1.807, 2.05) is 0 Å². The standard InChI is InChI=1S/C11H13ClFN3O2/c12-10(13)11(17)15-8-1-2-9(14-7-8)16-3-5-18-6-4-16/h1-2,7,10H,3-6H2,(H,15,17). The molecule has 18 heavy (non-hydrogen) atoms. The van der Waals surface area contributed by atoms with Crippen LogP contribution >= 0.6 is 11.6 Å². The van der Waals surface area contributed by atoms with E-state index in [1.165, 1.54) is 6.20 Å². The first-order valence-electron chi connectivity index (χ1n) is 5.54. The van der Waals surface area contributed by atoms with E-state index in [-0.39, 0.29) is 0 Å². The fourth-order valence-electron chi connectivity index (χ4n) is 1.64. The molecule has 0 aliphatic carbocycles. The zero-order chi connectivity index (χ0) is 13.0. The molecule has 1 unspecified atom stereocenters. The summed E-state index contributed by atoms with van der Waals surface area (Å²) >= 11 is 5.01. The highest BCUT2D eigenvalue weighted by molar-refractivity contribution is 6.31. The minimum Gasteiger partial charge on any atom is -0.378 e. The number of hydrogen-bond donors (Lipinski definition) is 1. The minimum atomic E-state index is -2.05. The van der Waals surface area contributed by atoms with Crippen LogP contribution in [0.25, 0.3) is 0 Å². The summed E-state index contributed by atoms with van der Waals surface area (Å²) in [6, 6.07) is 3.43. The van der Waals surface area contributed by atoms with Crippen LogP contribution in [0.2, 0.25) is 0 Å². The average molecular weight is 274 g/mol. The number of nitrogens with zero attached hydrogens (tertiary/aromatic N) is 2. The third kappa shape index (κ3) is 3.30. The van der Waals surface area contributed by atoms with Crippen molar-refractivity contribution >= 4 is 29.0 Å². The van der Waals surface area contributed by atoms with Gasteiger partial charge in [0.25, 0.3) is 11.5 Å². The number of alkyl halides is 2. The lowest BCUT2D eigenvalue weighted by Crippen LogP contribution is -2.36. The van der Waals surface area contributed by atoms with Crippen molar-refractivity contribution in [1.29, 1.82) is 0 Å². The van der Waals surface area contributed by atoms with Gasteiger partial charge in [0.1, 0.15) is 5.82 Å². The molecule has 98 valence electrons. The monoisotopic (exact) mass is 273 g/mol. The molecule has 0 spiro atoms. The Hall–Kier alpha value is -1.40. The lowest BCUT2D eigenvalue weighted by atomic mass is 10.3. The van der Waals surface area contributed by atoms with Gasteiger partial charge in [-0.2, -0.15) is 0 Å². The highest BCUT2D eigenvalue weighted by Gasteiger charge is 2.15. The number of halogens is 2. The number of nitrogens with one attached hydrogen (secondary N) is 1. The van der Waals surface area contributed by atoms with Crippen LogP contribution in [0.3, 0.4) is 0 Å². The molecule has 5 nitrogen and oxygen atoms in total. The number of carbonyl (C=O) groups excluding carboxylic acids is 1. The normalized spacial score (nSPS) is 17.3. The predicted molar refractivity (Wildman–Crippen MR) is 66.6 cm³/mol. The Balaban J connectivity index is 1.98. The van der Waals surface area contributed by atoms with E-state index in [4.69, 9.17) is 16.3 Å². The van der Waals surface area contributed by atoms with Gasteiger partial charge in [0.05, 0.1) is 25.1 Å². The Morgan fingerprint density at radius 1 is 1.50 bits per heavy atom. The summed E-state index contributed by atoms with van der Waals surface area (Å²) in [5.74, 6) is -0.0865. The highest BCUT2D eigenvalue weighted by Crippen LogP contribution is 2.16. The zero-order valence-electron chi connectivity index (χ0n) is 9.60. The second-order valence-electron chi connectivity index (χ2n) is 3.79. The third-order valence-electron chi connectivity index (χ3n) is 2.55. The van der Waals surface area contributed by atoms with Crippen LogP contribution < -0.4 is 10.2 Å². The van der Waals surface area contributed by atoms with Crippen molar-refractivity contribution in [2.75, 3.05) is 36.5 Å². The molecule has 2 heterocycles. The Morgan fingerprint density at radius 2 is 2.22 bits per heavy atom. The van der Waals surface area contributed by atoms with Gasteiger partial charge in [0.2, 0.25) is 0 Å². The Morgan fingerprint density at radius 3 is 2.78 bits per heavy atom. The summed E-state index contributed by atoms with van der Waals surface area (Å²) in [4.78, 5) is 17.3. The van der Waals surface area contributed by atoms with Crippen LogP contribution in [0.15, 0.2) is 18.3 Å². The predicted octanol–water partition coefficient (Wildman–Crippen LogP) is 1.39. The number of aromatic nitrogens is 1. The second kappa shape index (κ2) is 5.97. The number of carbonyl (C=O) groups is 1.